The highest BCUT2D eigenvalue weighted by Gasteiger charge is 2.17. The topological polar surface area (TPSA) is 17.1 Å². The predicted octanol–water partition coefficient (Wildman–Crippen LogP) is 4.64. The second-order valence-corrected chi connectivity index (χ2v) is 4.52. The highest BCUT2D eigenvalue weighted by atomic mass is 35.5. The summed E-state index contributed by atoms with van der Waals surface area (Å²) < 4.78 is 39.0. The maximum absolute atomic E-state index is 13.1. The quantitative estimate of drug-likeness (QED) is 0.583. The van der Waals surface area contributed by atoms with Crippen molar-refractivity contribution >= 4 is 29.0 Å². The third-order valence-corrected chi connectivity index (χ3v) is 3.04. The van der Waals surface area contributed by atoms with Crippen molar-refractivity contribution in [1.29, 1.82) is 0 Å². The van der Waals surface area contributed by atoms with Gasteiger partial charge in [0.2, 0.25) is 0 Å². The molecule has 0 bridgehead atoms. The molecular weight excluding hydrogens is 300 g/mol. The lowest BCUT2D eigenvalue weighted by Crippen LogP contribution is -2.04. The van der Waals surface area contributed by atoms with Gasteiger partial charge in [0, 0.05) is 11.1 Å². The van der Waals surface area contributed by atoms with Crippen LogP contribution in [0.5, 0.6) is 0 Å². The number of ketones is 1. The van der Waals surface area contributed by atoms with Crippen LogP contribution < -0.4 is 0 Å². The van der Waals surface area contributed by atoms with Crippen LogP contribution in [0.4, 0.5) is 13.2 Å². The molecule has 0 spiro atoms. The van der Waals surface area contributed by atoms with Gasteiger partial charge in [-0.1, -0.05) is 23.2 Å². The zero-order valence-electron chi connectivity index (χ0n) is 9.18. The Balaban J connectivity index is 2.49. The Morgan fingerprint density at radius 3 is 2.11 bits per heavy atom. The summed E-state index contributed by atoms with van der Waals surface area (Å²) in [6, 6.07) is 4.67. The average molecular weight is 305 g/mol. The molecule has 0 saturated carbocycles. The number of halogens is 5. The lowest BCUT2D eigenvalue weighted by Gasteiger charge is -2.05. The van der Waals surface area contributed by atoms with Crippen molar-refractivity contribution in [2.45, 2.75) is 0 Å². The first-order valence-corrected chi connectivity index (χ1v) is 5.80. The molecule has 0 atom stereocenters. The number of hydrogen-bond donors (Lipinski definition) is 0. The van der Waals surface area contributed by atoms with Crippen molar-refractivity contribution < 1.29 is 18.0 Å². The highest BCUT2D eigenvalue weighted by Crippen LogP contribution is 2.24. The minimum Gasteiger partial charge on any atom is -0.289 e. The van der Waals surface area contributed by atoms with Crippen molar-refractivity contribution in [3.05, 3.63) is 69.0 Å². The monoisotopic (exact) mass is 304 g/mol. The Labute approximate surface area is 116 Å². The van der Waals surface area contributed by atoms with E-state index in [4.69, 9.17) is 23.2 Å². The Hall–Kier alpha value is -1.52. The van der Waals surface area contributed by atoms with Gasteiger partial charge in [-0.3, -0.25) is 4.79 Å². The van der Waals surface area contributed by atoms with Crippen molar-refractivity contribution in [1.82, 2.24) is 0 Å². The summed E-state index contributed by atoms with van der Waals surface area (Å²) in [7, 11) is 0. The first kappa shape index (κ1) is 13.9. The predicted molar refractivity (Wildman–Crippen MR) is 66.2 cm³/mol. The van der Waals surface area contributed by atoms with E-state index >= 15 is 0 Å². The van der Waals surface area contributed by atoms with Crippen LogP contribution in [-0.2, 0) is 0 Å². The van der Waals surface area contributed by atoms with Gasteiger partial charge in [0.25, 0.3) is 0 Å². The van der Waals surface area contributed by atoms with Gasteiger partial charge in [-0.15, -0.1) is 0 Å². The summed E-state index contributed by atoms with van der Waals surface area (Å²) in [4.78, 5) is 12.0. The van der Waals surface area contributed by atoms with Crippen LogP contribution in [0.3, 0.4) is 0 Å². The van der Waals surface area contributed by atoms with Crippen LogP contribution in [0.25, 0.3) is 0 Å². The summed E-state index contributed by atoms with van der Waals surface area (Å²) in [6.07, 6.45) is 0. The lowest BCUT2D eigenvalue weighted by molar-refractivity contribution is 0.103. The molecule has 2 aromatic rings. The fraction of sp³-hybridized carbons (Fsp3) is 0. The van der Waals surface area contributed by atoms with Crippen LogP contribution in [0.15, 0.2) is 30.3 Å². The first-order chi connectivity index (χ1) is 8.90. The number of rotatable bonds is 2. The zero-order valence-corrected chi connectivity index (χ0v) is 10.7. The van der Waals surface area contributed by atoms with Crippen LogP contribution in [0.2, 0.25) is 10.0 Å². The van der Waals surface area contributed by atoms with E-state index in [1.807, 2.05) is 0 Å². The number of carbonyl (C=O) groups excluding carboxylic acids is 1. The van der Waals surface area contributed by atoms with Gasteiger partial charge >= 0.3 is 0 Å². The smallest absolute Gasteiger partial charge is 0.194 e. The van der Waals surface area contributed by atoms with Crippen LogP contribution in [-0.4, -0.2) is 5.78 Å². The summed E-state index contributed by atoms with van der Waals surface area (Å²) in [5, 5.41) is -0.478. The van der Waals surface area contributed by atoms with E-state index < -0.39 is 23.2 Å². The Bertz CT molecular complexity index is 671. The lowest BCUT2D eigenvalue weighted by atomic mass is 10.0. The molecular formula is C13H5Cl2F3O. The molecule has 0 aliphatic heterocycles. The molecule has 0 radical (unpaired) electrons. The molecule has 0 N–H and O–H groups in total. The SMILES string of the molecule is O=C(c1ccc(F)c(Cl)c1)c1cc(F)c(F)cc1Cl. The van der Waals surface area contributed by atoms with Gasteiger partial charge in [0.1, 0.15) is 5.82 Å². The summed E-state index contributed by atoms with van der Waals surface area (Å²) in [6.45, 7) is 0. The van der Waals surface area contributed by atoms with Crippen LogP contribution >= 0.6 is 23.2 Å². The minimum absolute atomic E-state index is 0.0271. The van der Waals surface area contributed by atoms with E-state index in [0.29, 0.717) is 12.1 Å². The molecule has 0 aromatic heterocycles. The molecule has 2 aromatic carbocycles. The van der Waals surface area contributed by atoms with Crippen molar-refractivity contribution in [2.75, 3.05) is 0 Å². The summed E-state index contributed by atoms with van der Waals surface area (Å²) in [5.41, 5.74) is -0.192. The molecule has 6 heteroatoms. The first-order valence-electron chi connectivity index (χ1n) is 5.04. The van der Waals surface area contributed by atoms with Gasteiger partial charge in [0.15, 0.2) is 17.4 Å². The number of carbonyl (C=O) groups is 1. The fourth-order valence-electron chi connectivity index (χ4n) is 1.49. The fourth-order valence-corrected chi connectivity index (χ4v) is 1.91. The van der Waals surface area contributed by atoms with Crippen LogP contribution in [0.1, 0.15) is 15.9 Å². The molecule has 0 aliphatic carbocycles. The largest absolute Gasteiger partial charge is 0.289 e. The van der Waals surface area contributed by atoms with E-state index in [2.05, 4.69) is 0 Å². The average Bonchev–Trinajstić information content (AvgIpc) is 2.36. The van der Waals surface area contributed by atoms with Gasteiger partial charge in [-0.25, -0.2) is 13.2 Å². The molecule has 1 nitrogen and oxygen atoms in total. The third kappa shape index (κ3) is 2.74. The van der Waals surface area contributed by atoms with Crippen LogP contribution in [0, 0.1) is 17.5 Å². The van der Waals surface area contributed by atoms with Crippen molar-refractivity contribution in [2.24, 2.45) is 0 Å². The van der Waals surface area contributed by atoms with Gasteiger partial charge in [-0.2, -0.15) is 0 Å². The third-order valence-electron chi connectivity index (χ3n) is 2.44. The van der Waals surface area contributed by atoms with Gasteiger partial charge in [0.05, 0.1) is 10.0 Å². The highest BCUT2D eigenvalue weighted by molar-refractivity contribution is 6.35. The summed E-state index contributed by atoms with van der Waals surface area (Å²) >= 11 is 11.2. The molecule has 0 amide bonds. The van der Waals surface area contributed by atoms with E-state index in [-0.39, 0.29) is 21.2 Å². The molecule has 2 rings (SSSR count). The van der Waals surface area contributed by atoms with Crippen molar-refractivity contribution in [3.63, 3.8) is 0 Å². The Morgan fingerprint density at radius 2 is 1.47 bits per heavy atom. The van der Waals surface area contributed by atoms with E-state index in [1.54, 1.807) is 0 Å². The van der Waals surface area contributed by atoms with Gasteiger partial charge in [-0.05, 0) is 30.3 Å². The number of benzene rings is 2. The Kier molecular flexibility index (Phi) is 3.83. The molecule has 0 aliphatic rings. The minimum atomic E-state index is -1.19. The van der Waals surface area contributed by atoms with E-state index in [9.17, 15) is 18.0 Å². The van der Waals surface area contributed by atoms with E-state index in [0.717, 1.165) is 12.1 Å². The standard InChI is InChI=1S/C13H5Cl2F3O/c14-8-5-12(18)11(17)4-7(8)13(19)6-1-2-10(16)9(15)3-6/h1-5H. The maximum atomic E-state index is 13.1. The second kappa shape index (κ2) is 5.23. The molecule has 98 valence electrons. The molecule has 0 saturated heterocycles. The molecule has 0 unspecified atom stereocenters. The second-order valence-electron chi connectivity index (χ2n) is 3.70. The van der Waals surface area contributed by atoms with Crippen molar-refractivity contribution in [3.8, 4) is 0 Å². The van der Waals surface area contributed by atoms with E-state index in [1.165, 1.54) is 6.07 Å². The molecule has 0 fully saturated rings. The zero-order chi connectivity index (χ0) is 14.2. The Morgan fingerprint density at radius 1 is 0.842 bits per heavy atom. The van der Waals surface area contributed by atoms with Gasteiger partial charge < -0.3 is 0 Å². The maximum Gasteiger partial charge on any atom is 0.194 e. The summed E-state index contributed by atoms with van der Waals surface area (Å²) in [5.74, 6) is -3.71. The normalized spacial score (nSPS) is 10.6. The molecule has 19 heavy (non-hydrogen) atoms. The number of hydrogen-bond acceptors (Lipinski definition) is 1. The molecule has 0 heterocycles.